The van der Waals surface area contributed by atoms with E-state index in [0.29, 0.717) is 0 Å². The Morgan fingerprint density at radius 2 is 1.00 bits per heavy atom. The molecule has 29 heavy (non-hydrogen) atoms. The maximum atomic E-state index is 10.6. The molecule has 0 aliphatic carbocycles. The van der Waals surface area contributed by atoms with E-state index < -0.39 is 23.0 Å². The molecule has 1 radical (unpaired) electrons. The first-order chi connectivity index (χ1) is 12.8. The number of nitrogens with two attached hydrogens (primary N) is 2. The van der Waals surface area contributed by atoms with Crippen LogP contribution in [0.4, 0.5) is 0 Å². The van der Waals surface area contributed by atoms with E-state index in [1.807, 2.05) is 0 Å². The Labute approximate surface area is 179 Å². The Hall–Kier alpha value is -2.58. The quantitative estimate of drug-likeness (QED) is 0.396. The summed E-state index contributed by atoms with van der Waals surface area (Å²) in [5.41, 5.74) is 9.75. The van der Waals surface area contributed by atoms with Gasteiger partial charge in [0.05, 0.1) is 23.0 Å². The minimum Gasteiger partial charge on any atom is -0.548 e. The first-order valence-corrected chi connectivity index (χ1v) is 8.40. The van der Waals surface area contributed by atoms with E-state index in [1.54, 1.807) is 24.3 Å². The van der Waals surface area contributed by atoms with Gasteiger partial charge in [-0.25, -0.2) is 0 Å². The average molecular weight is 452 g/mol. The second kappa shape index (κ2) is 10.8. The molecule has 0 aliphatic heterocycles. The molecule has 0 spiro atoms. The number of benzene rings is 2. The van der Waals surface area contributed by atoms with Gasteiger partial charge >= 0.3 is 17.1 Å². The number of carboxylic acid groups (broad SMARTS) is 2. The van der Waals surface area contributed by atoms with Gasteiger partial charge < -0.3 is 41.5 Å². The van der Waals surface area contributed by atoms with Gasteiger partial charge in [0.25, 0.3) is 0 Å². The summed E-state index contributed by atoms with van der Waals surface area (Å²) in [5.74, 6) is -2.29. The smallest absolute Gasteiger partial charge is 0.548 e. The molecule has 161 valence electrons. The van der Waals surface area contributed by atoms with Gasteiger partial charge in [0, 0.05) is 0 Å². The van der Waals surface area contributed by atoms with Crippen LogP contribution in [0.3, 0.4) is 0 Å². The van der Waals surface area contributed by atoms with E-state index in [0.717, 1.165) is 11.1 Å². The van der Waals surface area contributed by atoms with Crippen LogP contribution in [-0.2, 0) is 39.5 Å². The molecular formula is C20H24CuN2O6. The van der Waals surface area contributed by atoms with Gasteiger partial charge in [-0.1, -0.05) is 24.3 Å². The summed E-state index contributed by atoms with van der Waals surface area (Å²) in [4.78, 5) is 21.2. The van der Waals surface area contributed by atoms with Gasteiger partial charge in [0.2, 0.25) is 0 Å². The molecule has 0 bridgehead atoms. The second-order valence-corrected chi connectivity index (χ2v) is 7.10. The van der Waals surface area contributed by atoms with Gasteiger partial charge in [0.15, 0.2) is 0 Å². The van der Waals surface area contributed by atoms with E-state index in [9.17, 15) is 19.8 Å². The molecule has 2 atom stereocenters. The van der Waals surface area contributed by atoms with Crippen molar-refractivity contribution < 1.29 is 47.1 Å². The van der Waals surface area contributed by atoms with Crippen molar-refractivity contribution >= 4 is 11.9 Å². The third-order valence-corrected chi connectivity index (χ3v) is 3.95. The van der Waals surface area contributed by atoms with Gasteiger partial charge in [-0.15, -0.1) is 0 Å². The predicted molar refractivity (Wildman–Crippen MR) is 98.8 cm³/mol. The Bertz CT molecular complexity index is 735. The zero-order chi connectivity index (χ0) is 21.5. The first-order valence-electron chi connectivity index (χ1n) is 8.40. The topological polar surface area (TPSA) is 173 Å². The summed E-state index contributed by atoms with van der Waals surface area (Å²) in [6.07, 6.45) is 0.352. The Balaban J connectivity index is 0.000000523. The third-order valence-electron chi connectivity index (χ3n) is 3.95. The van der Waals surface area contributed by atoms with Gasteiger partial charge in [0.1, 0.15) is 11.5 Å². The standard InChI is InChI=1S/2C10H13NO3.Cu/c2*1-10(11,9(13)14)6-7-2-4-8(12)5-3-7;/h2*2-5,12H,6,11H2,1H3,(H,13,14);/q;;+2/p-2/t2*10-;/m00./s1. The average Bonchev–Trinajstić information content (AvgIpc) is 2.59. The second-order valence-electron chi connectivity index (χ2n) is 7.10. The molecule has 0 aliphatic rings. The van der Waals surface area contributed by atoms with Crippen molar-refractivity contribution in [2.24, 2.45) is 11.5 Å². The molecule has 0 aromatic heterocycles. The largest absolute Gasteiger partial charge is 2.00 e. The summed E-state index contributed by atoms with van der Waals surface area (Å²) in [6.45, 7) is 2.80. The zero-order valence-corrected chi connectivity index (χ0v) is 17.0. The van der Waals surface area contributed by atoms with Crippen LogP contribution < -0.4 is 21.7 Å². The molecule has 0 amide bonds. The predicted octanol–water partition coefficient (Wildman–Crippen LogP) is -1.20. The van der Waals surface area contributed by atoms with E-state index >= 15 is 0 Å². The number of hydrogen-bond acceptors (Lipinski definition) is 8. The number of phenols is 2. The van der Waals surface area contributed by atoms with Gasteiger partial charge in [-0.2, -0.15) is 0 Å². The first kappa shape index (κ1) is 26.4. The van der Waals surface area contributed by atoms with Crippen LogP contribution in [0, 0.1) is 0 Å². The molecule has 0 heterocycles. The normalized spacial score (nSPS) is 14.2. The van der Waals surface area contributed by atoms with Crippen molar-refractivity contribution in [3.63, 3.8) is 0 Å². The molecule has 0 unspecified atom stereocenters. The van der Waals surface area contributed by atoms with Crippen molar-refractivity contribution in [3.05, 3.63) is 59.7 Å². The molecule has 0 fully saturated rings. The summed E-state index contributed by atoms with van der Waals surface area (Å²) in [6, 6.07) is 12.5. The van der Waals surface area contributed by atoms with Crippen molar-refractivity contribution in [1.29, 1.82) is 0 Å². The number of aromatic hydroxyl groups is 2. The summed E-state index contributed by atoms with van der Waals surface area (Å²) < 4.78 is 0. The number of carbonyl (C=O) groups is 2. The number of hydrogen-bond donors (Lipinski definition) is 4. The molecule has 0 saturated heterocycles. The van der Waals surface area contributed by atoms with Crippen LogP contribution in [0.2, 0.25) is 0 Å². The Morgan fingerprint density at radius 3 is 1.21 bits per heavy atom. The molecule has 6 N–H and O–H groups in total. The summed E-state index contributed by atoms with van der Waals surface area (Å²) in [7, 11) is 0. The molecule has 8 nitrogen and oxygen atoms in total. The van der Waals surface area contributed by atoms with Crippen LogP contribution in [0.5, 0.6) is 11.5 Å². The van der Waals surface area contributed by atoms with E-state index in [2.05, 4.69) is 0 Å². The SMILES string of the molecule is C[C@](N)(Cc1ccc(O)cc1)C(=O)[O-].C[C@](N)(Cc1ccc(O)cc1)C(=O)[O-].[Cu+2]. The third kappa shape index (κ3) is 8.97. The Kier molecular flexibility index (Phi) is 9.86. The van der Waals surface area contributed by atoms with Gasteiger partial charge in [-0.05, 0) is 62.1 Å². The maximum absolute atomic E-state index is 10.6. The molecule has 0 saturated carbocycles. The van der Waals surface area contributed by atoms with E-state index in [1.165, 1.54) is 38.1 Å². The maximum Gasteiger partial charge on any atom is 2.00 e. The number of phenolic OH excluding ortho intramolecular Hbond substituents is 2. The van der Waals surface area contributed by atoms with Crippen LogP contribution in [0.25, 0.3) is 0 Å². The fourth-order valence-electron chi connectivity index (χ4n) is 2.22. The van der Waals surface area contributed by atoms with Crippen molar-refractivity contribution in [3.8, 4) is 11.5 Å². The monoisotopic (exact) mass is 451 g/mol. The molecule has 9 heteroatoms. The number of rotatable bonds is 6. The summed E-state index contributed by atoms with van der Waals surface area (Å²) in [5, 5.41) is 39.2. The van der Waals surface area contributed by atoms with E-state index in [-0.39, 0.29) is 41.4 Å². The fourth-order valence-corrected chi connectivity index (χ4v) is 2.22. The summed E-state index contributed by atoms with van der Waals surface area (Å²) >= 11 is 0. The van der Waals surface area contributed by atoms with Crippen LogP contribution in [-0.4, -0.2) is 33.2 Å². The number of carbonyl (C=O) groups excluding carboxylic acids is 2. The molecule has 2 rings (SSSR count). The van der Waals surface area contributed by atoms with E-state index in [4.69, 9.17) is 21.7 Å². The van der Waals surface area contributed by atoms with Crippen LogP contribution >= 0.6 is 0 Å². The Morgan fingerprint density at radius 1 is 0.759 bits per heavy atom. The van der Waals surface area contributed by atoms with Crippen molar-refractivity contribution in [2.45, 2.75) is 37.8 Å². The molecule has 2 aromatic carbocycles. The van der Waals surface area contributed by atoms with Crippen LogP contribution in [0.15, 0.2) is 48.5 Å². The number of aliphatic carboxylic acids is 2. The zero-order valence-electron chi connectivity index (χ0n) is 16.0. The minimum absolute atomic E-state index is 0. The number of carboxylic acids is 2. The fraction of sp³-hybridized carbons (Fsp3) is 0.300. The van der Waals surface area contributed by atoms with Crippen molar-refractivity contribution in [2.75, 3.05) is 0 Å². The molecule has 2 aromatic rings. The van der Waals surface area contributed by atoms with Crippen LogP contribution in [0.1, 0.15) is 25.0 Å². The van der Waals surface area contributed by atoms with Gasteiger partial charge in [-0.3, -0.25) is 0 Å². The minimum atomic E-state index is -1.38. The molecular weight excluding hydrogens is 428 g/mol. The van der Waals surface area contributed by atoms with Crippen molar-refractivity contribution in [1.82, 2.24) is 0 Å².